The van der Waals surface area contributed by atoms with Crippen molar-refractivity contribution in [2.24, 2.45) is 0 Å². The molecule has 1 aromatic carbocycles. The molecule has 1 saturated heterocycles. The number of rotatable bonds is 6. The first kappa shape index (κ1) is 24.2. The van der Waals surface area contributed by atoms with Crippen LogP contribution >= 0.6 is 11.6 Å². The molecule has 1 aromatic heterocycles. The second-order valence-electron chi connectivity index (χ2n) is 7.08. The molecule has 0 aliphatic carbocycles. The van der Waals surface area contributed by atoms with E-state index in [-0.39, 0.29) is 43.2 Å². The highest BCUT2D eigenvalue weighted by Gasteiger charge is 2.30. The molecule has 0 atom stereocenters. The molecule has 8 nitrogen and oxygen atoms in total. The number of benzene rings is 1. The van der Waals surface area contributed by atoms with Crippen LogP contribution < -0.4 is 10.2 Å². The maximum atomic E-state index is 12.7. The lowest BCUT2D eigenvalue weighted by molar-refractivity contribution is -0.154. The molecule has 2 aromatic rings. The van der Waals surface area contributed by atoms with Crippen molar-refractivity contribution in [1.29, 1.82) is 0 Å². The molecule has 0 unspecified atom stereocenters. The van der Waals surface area contributed by atoms with Crippen molar-refractivity contribution in [3.8, 4) is 17.0 Å². The highest BCUT2D eigenvalue weighted by molar-refractivity contribution is 7.88. The van der Waals surface area contributed by atoms with E-state index in [0.717, 1.165) is 12.5 Å². The molecule has 0 radical (unpaired) electrons. The molecule has 1 amide bonds. The molecule has 0 bridgehead atoms. The SMILES string of the molecule is CS(=O)(=O)N1CCN(NC(=O)c2cnc(OCC(F)(F)F)c(-c3ccc(Cl)cc3)c2)CC1. The van der Waals surface area contributed by atoms with E-state index in [1.807, 2.05) is 0 Å². The minimum Gasteiger partial charge on any atom is -0.468 e. The Kier molecular flexibility index (Phi) is 7.28. The molecule has 2 heterocycles. The van der Waals surface area contributed by atoms with E-state index in [1.165, 1.54) is 10.4 Å². The maximum Gasteiger partial charge on any atom is 0.422 e. The molecule has 174 valence electrons. The third-order valence-electron chi connectivity index (χ3n) is 4.61. The van der Waals surface area contributed by atoms with Gasteiger partial charge in [0.25, 0.3) is 5.91 Å². The summed E-state index contributed by atoms with van der Waals surface area (Å²) < 4.78 is 67.2. The molecule has 1 aliphatic heterocycles. The minimum absolute atomic E-state index is 0.0971. The third-order valence-corrected chi connectivity index (χ3v) is 6.16. The standard InChI is InChI=1S/C19H20ClF3N4O4S/c1-32(29,30)27-8-6-26(7-9-27)25-17(28)14-10-16(13-2-4-15(20)5-3-13)18(24-11-14)31-12-19(21,22)23/h2-5,10-11H,6-9,12H2,1H3,(H,25,28). The molecule has 32 heavy (non-hydrogen) atoms. The number of carbonyl (C=O) groups is 1. The first-order chi connectivity index (χ1) is 14.9. The monoisotopic (exact) mass is 492 g/mol. The summed E-state index contributed by atoms with van der Waals surface area (Å²) in [5, 5.41) is 2.00. The Bertz CT molecular complexity index is 1070. The Morgan fingerprint density at radius 1 is 1.19 bits per heavy atom. The molecular formula is C19H20ClF3N4O4S. The molecule has 1 aliphatic rings. The summed E-state index contributed by atoms with van der Waals surface area (Å²) >= 11 is 5.88. The number of amides is 1. The van der Waals surface area contributed by atoms with E-state index in [1.54, 1.807) is 29.3 Å². The van der Waals surface area contributed by atoms with Gasteiger partial charge in [0.2, 0.25) is 15.9 Å². The van der Waals surface area contributed by atoms with Gasteiger partial charge in [0, 0.05) is 43.0 Å². The van der Waals surface area contributed by atoms with Crippen LogP contribution in [0.1, 0.15) is 10.4 Å². The Morgan fingerprint density at radius 3 is 2.38 bits per heavy atom. The molecule has 1 N–H and O–H groups in total. The van der Waals surface area contributed by atoms with Gasteiger partial charge in [-0.15, -0.1) is 0 Å². The Hall–Kier alpha value is -2.41. The number of piperazine rings is 1. The number of hydrogen-bond donors (Lipinski definition) is 1. The predicted octanol–water partition coefficient (Wildman–Crippen LogP) is 2.57. The van der Waals surface area contributed by atoms with Crippen LogP contribution in [0.4, 0.5) is 13.2 Å². The molecule has 1 fully saturated rings. The van der Waals surface area contributed by atoms with Gasteiger partial charge in [0.15, 0.2) is 6.61 Å². The lowest BCUT2D eigenvalue weighted by Gasteiger charge is -2.33. The number of hydrogen-bond acceptors (Lipinski definition) is 6. The predicted molar refractivity (Wildman–Crippen MR) is 112 cm³/mol. The smallest absolute Gasteiger partial charge is 0.422 e. The van der Waals surface area contributed by atoms with Crippen molar-refractivity contribution in [2.75, 3.05) is 39.0 Å². The van der Waals surface area contributed by atoms with Crippen molar-refractivity contribution in [2.45, 2.75) is 6.18 Å². The second-order valence-corrected chi connectivity index (χ2v) is 9.50. The number of hydrazine groups is 1. The molecule has 3 rings (SSSR count). The highest BCUT2D eigenvalue weighted by Crippen LogP contribution is 2.31. The number of ether oxygens (including phenoxy) is 1. The van der Waals surface area contributed by atoms with Crippen LogP contribution in [0.2, 0.25) is 5.02 Å². The van der Waals surface area contributed by atoms with Crippen LogP contribution in [-0.2, 0) is 10.0 Å². The van der Waals surface area contributed by atoms with Crippen LogP contribution in [0.15, 0.2) is 36.5 Å². The Labute approximate surface area is 187 Å². The maximum absolute atomic E-state index is 12.7. The van der Waals surface area contributed by atoms with E-state index in [9.17, 15) is 26.4 Å². The summed E-state index contributed by atoms with van der Waals surface area (Å²) in [6.45, 7) is -0.530. The van der Waals surface area contributed by atoms with E-state index in [2.05, 4.69) is 10.4 Å². The van der Waals surface area contributed by atoms with Gasteiger partial charge in [-0.05, 0) is 23.8 Å². The lowest BCUT2D eigenvalue weighted by atomic mass is 10.1. The molecule has 0 saturated carbocycles. The third kappa shape index (κ3) is 6.55. The van der Waals surface area contributed by atoms with Crippen LogP contribution in [0.3, 0.4) is 0 Å². The Morgan fingerprint density at radius 2 is 1.81 bits per heavy atom. The van der Waals surface area contributed by atoms with E-state index in [0.29, 0.717) is 10.6 Å². The van der Waals surface area contributed by atoms with E-state index in [4.69, 9.17) is 16.3 Å². The van der Waals surface area contributed by atoms with Gasteiger partial charge in [0.1, 0.15) is 0 Å². The fraction of sp³-hybridized carbons (Fsp3) is 0.368. The van der Waals surface area contributed by atoms with Crippen LogP contribution in [-0.4, -0.2) is 73.8 Å². The first-order valence-corrected chi connectivity index (χ1v) is 11.6. The summed E-state index contributed by atoms with van der Waals surface area (Å²) in [5.41, 5.74) is 3.42. The first-order valence-electron chi connectivity index (χ1n) is 9.39. The number of sulfonamides is 1. The van der Waals surface area contributed by atoms with Gasteiger partial charge in [-0.1, -0.05) is 23.7 Å². The fourth-order valence-corrected chi connectivity index (χ4v) is 3.97. The zero-order chi connectivity index (χ0) is 23.5. The topological polar surface area (TPSA) is 91.8 Å². The second kappa shape index (κ2) is 9.61. The van der Waals surface area contributed by atoms with Crippen molar-refractivity contribution < 1.29 is 31.1 Å². The van der Waals surface area contributed by atoms with Crippen LogP contribution in [0, 0.1) is 0 Å². The van der Waals surface area contributed by atoms with Crippen LogP contribution in [0.25, 0.3) is 11.1 Å². The van der Waals surface area contributed by atoms with Crippen molar-refractivity contribution in [3.63, 3.8) is 0 Å². The normalized spacial score (nSPS) is 16.0. The van der Waals surface area contributed by atoms with Crippen LogP contribution in [0.5, 0.6) is 5.88 Å². The number of halogens is 4. The average Bonchev–Trinajstić information content (AvgIpc) is 2.72. The summed E-state index contributed by atoms with van der Waals surface area (Å²) in [7, 11) is -3.31. The van der Waals surface area contributed by atoms with E-state index < -0.39 is 28.7 Å². The van der Waals surface area contributed by atoms with Gasteiger partial charge in [-0.25, -0.2) is 18.4 Å². The van der Waals surface area contributed by atoms with E-state index >= 15 is 0 Å². The van der Waals surface area contributed by atoms with Gasteiger partial charge in [-0.3, -0.25) is 10.2 Å². The largest absolute Gasteiger partial charge is 0.468 e. The Balaban J connectivity index is 1.78. The molecule has 0 spiro atoms. The molecular weight excluding hydrogens is 473 g/mol. The zero-order valence-corrected chi connectivity index (χ0v) is 18.5. The lowest BCUT2D eigenvalue weighted by Crippen LogP contribution is -2.54. The number of nitrogens with one attached hydrogen (secondary N) is 1. The van der Waals surface area contributed by atoms with Crippen molar-refractivity contribution >= 4 is 27.5 Å². The number of pyridine rings is 1. The average molecular weight is 493 g/mol. The van der Waals surface area contributed by atoms with Crippen molar-refractivity contribution in [3.05, 3.63) is 47.1 Å². The number of aromatic nitrogens is 1. The number of alkyl halides is 3. The van der Waals surface area contributed by atoms with Gasteiger partial charge in [-0.2, -0.15) is 17.5 Å². The zero-order valence-electron chi connectivity index (χ0n) is 16.9. The van der Waals surface area contributed by atoms with Gasteiger partial charge >= 0.3 is 6.18 Å². The highest BCUT2D eigenvalue weighted by atomic mass is 35.5. The summed E-state index contributed by atoms with van der Waals surface area (Å²) in [5.74, 6) is -0.814. The summed E-state index contributed by atoms with van der Waals surface area (Å²) in [4.78, 5) is 16.6. The molecule has 13 heteroatoms. The van der Waals surface area contributed by atoms with Gasteiger partial charge in [0.05, 0.1) is 11.8 Å². The minimum atomic E-state index is -4.55. The summed E-state index contributed by atoms with van der Waals surface area (Å²) in [6, 6.07) is 7.64. The quantitative estimate of drug-likeness (QED) is 0.666. The number of carbonyl (C=O) groups excluding carboxylic acids is 1. The number of nitrogens with zero attached hydrogens (tertiary/aromatic N) is 3. The fourth-order valence-electron chi connectivity index (χ4n) is 3.02. The van der Waals surface area contributed by atoms with Crippen molar-refractivity contribution in [1.82, 2.24) is 19.7 Å². The van der Waals surface area contributed by atoms with Gasteiger partial charge < -0.3 is 4.74 Å². The summed E-state index contributed by atoms with van der Waals surface area (Å²) in [6.07, 6.45) is -2.32.